The molecular weight excluding hydrogens is 80.0 g/mol. The lowest BCUT2D eigenvalue weighted by molar-refractivity contribution is -0.298. The van der Waals surface area contributed by atoms with Crippen molar-refractivity contribution in [3.63, 3.8) is 0 Å². The van der Waals surface area contributed by atoms with Gasteiger partial charge in [-0.05, 0) is 0 Å². The summed E-state index contributed by atoms with van der Waals surface area (Å²) in [5, 5.41) is 7.84. The van der Waals surface area contributed by atoms with Gasteiger partial charge in [-0.15, -0.1) is 0 Å². The summed E-state index contributed by atoms with van der Waals surface area (Å²) in [7, 11) is 0. The molecular formula is C4H9O2+. The molecule has 0 aromatic rings. The molecule has 1 N–H and O–H groups in total. The topological polar surface area (TPSA) is 29.5 Å². The van der Waals surface area contributed by atoms with Crippen molar-refractivity contribution in [3.05, 3.63) is 6.92 Å². The van der Waals surface area contributed by atoms with Gasteiger partial charge < -0.3 is 0 Å². The molecule has 0 aromatic carbocycles. The van der Waals surface area contributed by atoms with Crippen molar-refractivity contribution >= 4 is 0 Å². The van der Waals surface area contributed by atoms with E-state index in [0.717, 1.165) is 0 Å². The van der Waals surface area contributed by atoms with Crippen molar-refractivity contribution in [2.24, 2.45) is 0 Å². The second-order valence-corrected chi connectivity index (χ2v) is 1.85. The largest absolute Gasteiger partial charge is 0.247 e. The average Bonchev–Trinajstić information content (AvgIpc) is 1.35. The van der Waals surface area contributed by atoms with Gasteiger partial charge in [-0.3, -0.25) is 0 Å². The van der Waals surface area contributed by atoms with Crippen LogP contribution in [0.1, 0.15) is 13.8 Å². The lowest BCUT2D eigenvalue weighted by atomic mass is 10.2. The zero-order chi connectivity index (χ0) is 5.21. The number of rotatable bonds is 1. The maximum Gasteiger partial charge on any atom is 0.229 e. The Morgan fingerprint density at radius 1 is 1.67 bits per heavy atom. The van der Waals surface area contributed by atoms with Gasteiger partial charge in [0.15, 0.2) is 0 Å². The number of hydrogen-bond acceptors (Lipinski definition) is 2. The monoisotopic (exact) mass is 89.1 g/mol. The number of hydrogen-bond donors (Lipinski definition) is 1. The molecule has 0 atom stereocenters. The van der Waals surface area contributed by atoms with E-state index < -0.39 is 5.60 Å². The first-order chi connectivity index (χ1) is 2.56. The summed E-state index contributed by atoms with van der Waals surface area (Å²) in [6, 6.07) is 0. The molecule has 0 spiro atoms. The van der Waals surface area contributed by atoms with E-state index in [0.29, 0.717) is 0 Å². The highest BCUT2D eigenvalue weighted by Gasteiger charge is 2.16. The molecule has 0 aliphatic rings. The Kier molecular flexibility index (Phi) is 1.44. The Balaban J connectivity index is 3.17. The van der Waals surface area contributed by atoms with Gasteiger partial charge in [-0.2, -0.15) is 4.89 Å². The highest BCUT2D eigenvalue weighted by Crippen LogP contribution is 2.01. The molecule has 0 heterocycles. The van der Waals surface area contributed by atoms with Crippen LogP contribution in [0.5, 0.6) is 0 Å². The van der Waals surface area contributed by atoms with Gasteiger partial charge in [-0.25, -0.2) is 5.26 Å². The summed E-state index contributed by atoms with van der Waals surface area (Å²) in [6.07, 6.45) is 0. The Morgan fingerprint density at radius 3 is 1.83 bits per heavy atom. The van der Waals surface area contributed by atoms with Crippen molar-refractivity contribution in [1.82, 2.24) is 0 Å². The third kappa shape index (κ3) is 3.79. The van der Waals surface area contributed by atoms with Crippen LogP contribution in [0.2, 0.25) is 0 Å². The van der Waals surface area contributed by atoms with Gasteiger partial charge in [0.05, 0.1) is 6.92 Å². The lowest BCUT2D eigenvalue weighted by Gasteiger charge is -2.02. The van der Waals surface area contributed by atoms with Crippen LogP contribution in [0.25, 0.3) is 0 Å². The fourth-order valence-corrected chi connectivity index (χ4v) is 0. The van der Waals surface area contributed by atoms with Crippen molar-refractivity contribution in [2.45, 2.75) is 19.4 Å². The molecule has 0 fully saturated rings. The van der Waals surface area contributed by atoms with E-state index >= 15 is 0 Å². The minimum Gasteiger partial charge on any atom is -0.247 e. The molecule has 2 heteroatoms. The zero-order valence-corrected chi connectivity index (χ0v) is 4.06. The molecule has 6 heavy (non-hydrogen) atoms. The van der Waals surface area contributed by atoms with E-state index in [9.17, 15) is 0 Å². The molecule has 0 aromatic heterocycles. The summed E-state index contributed by atoms with van der Waals surface area (Å²) in [5.74, 6) is 0. The molecule has 2 nitrogen and oxygen atoms in total. The molecule has 0 radical (unpaired) electrons. The molecule has 0 saturated carbocycles. The van der Waals surface area contributed by atoms with Crippen LogP contribution < -0.4 is 0 Å². The summed E-state index contributed by atoms with van der Waals surface area (Å²) in [5.41, 5.74) is -0.653. The van der Waals surface area contributed by atoms with Crippen LogP contribution in [0.3, 0.4) is 0 Å². The van der Waals surface area contributed by atoms with Crippen LogP contribution in [0, 0.1) is 6.92 Å². The van der Waals surface area contributed by atoms with Crippen LogP contribution in [-0.2, 0) is 4.89 Å². The summed E-state index contributed by atoms with van der Waals surface area (Å²) in [4.78, 5) is 3.83. The van der Waals surface area contributed by atoms with Crippen LogP contribution in [0.15, 0.2) is 0 Å². The first-order valence-corrected chi connectivity index (χ1v) is 1.74. The Morgan fingerprint density at radius 2 is 1.83 bits per heavy atom. The van der Waals surface area contributed by atoms with Gasteiger partial charge in [-0.1, -0.05) is 0 Å². The molecule has 0 aliphatic carbocycles. The first-order valence-electron chi connectivity index (χ1n) is 1.74. The molecule has 0 unspecified atom stereocenters. The van der Waals surface area contributed by atoms with E-state index in [-0.39, 0.29) is 0 Å². The molecule has 0 amide bonds. The van der Waals surface area contributed by atoms with Crippen LogP contribution in [-0.4, -0.2) is 10.9 Å². The quantitative estimate of drug-likeness (QED) is 0.296. The zero-order valence-electron chi connectivity index (χ0n) is 4.06. The standard InChI is InChI=1S/C4H8O2/c1-4(2,3)6-5/h1H2,2-3H3/p+1. The minimum atomic E-state index is -0.653. The molecule has 0 bridgehead atoms. The second-order valence-electron chi connectivity index (χ2n) is 1.85. The minimum absolute atomic E-state index is 0.653. The van der Waals surface area contributed by atoms with Crippen LogP contribution in [0.4, 0.5) is 0 Å². The van der Waals surface area contributed by atoms with Gasteiger partial charge >= 0.3 is 0 Å². The van der Waals surface area contributed by atoms with Gasteiger partial charge in [0.1, 0.15) is 0 Å². The van der Waals surface area contributed by atoms with Gasteiger partial charge in [0, 0.05) is 13.8 Å². The Bertz CT molecular complexity index is 35.3. The molecule has 0 aliphatic heterocycles. The third-order valence-electron chi connectivity index (χ3n) is 0.247. The highest BCUT2D eigenvalue weighted by molar-refractivity contribution is 4.66. The first kappa shape index (κ1) is 5.79. The van der Waals surface area contributed by atoms with Crippen molar-refractivity contribution < 1.29 is 10.1 Å². The summed E-state index contributed by atoms with van der Waals surface area (Å²) >= 11 is 0. The lowest BCUT2D eigenvalue weighted by Crippen LogP contribution is -2.16. The summed E-state index contributed by atoms with van der Waals surface area (Å²) in [6.45, 7) is 6.74. The van der Waals surface area contributed by atoms with Crippen LogP contribution >= 0.6 is 0 Å². The highest BCUT2D eigenvalue weighted by atomic mass is 17.1. The normalized spacial score (nSPS) is 11.8. The average molecular weight is 89.1 g/mol. The predicted molar refractivity (Wildman–Crippen MR) is 23.1 cm³/mol. The van der Waals surface area contributed by atoms with Crippen molar-refractivity contribution in [1.29, 1.82) is 0 Å². The second kappa shape index (κ2) is 1.49. The van der Waals surface area contributed by atoms with E-state index in [1.807, 2.05) is 0 Å². The van der Waals surface area contributed by atoms with Crippen molar-refractivity contribution in [2.75, 3.05) is 0 Å². The maximum absolute atomic E-state index is 7.84. The molecule has 0 saturated heterocycles. The Labute approximate surface area is 37.7 Å². The summed E-state index contributed by atoms with van der Waals surface area (Å²) < 4.78 is 0. The molecule has 0 rings (SSSR count). The smallest absolute Gasteiger partial charge is 0.229 e. The fourth-order valence-electron chi connectivity index (χ4n) is 0. The Hall–Kier alpha value is -0.210. The fraction of sp³-hybridized carbons (Fsp3) is 0.750. The third-order valence-corrected chi connectivity index (χ3v) is 0.247. The van der Waals surface area contributed by atoms with E-state index in [1.54, 1.807) is 13.8 Å². The van der Waals surface area contributed by atoms with E-state index in [1.165, 1.54) is 0 Å². The van der Waals surface area contributed by atoms with E-state index in [2.05, 4.69) is 11.8 Å². The van der Waals surface area contributed by atoms with Crippen molar-refractivity contribution in [3.8, 4) is 0 Å². The van der Waals surface area contributed by atoms with E-state index in [4.69, 9.17) is 5.26 Å². The van der Waals surface area contributed by atoms with Gasteiger partial charge in [0.2, 0.25) is 5.60 Å². The van der Waals surface area contributed by atoms with Gasteiger partial charge in [0.25, 0.3) is 0 Å². The molecule has 36 valence electrons. The maximum atomic E-state index is 7.84. The predicted octanol–water partition coefficient (Wildman–Crippen LogP) is 1.09. The SMILES string of the molecule is [CH2+]C(C)(C)OO.